The number of nitrogens with zero attached hydrogens (tertiary/aromatic N) is 1. The molecule has 0 fully saturated rings. The molecule has 1 heterocycles. The molecule has 0 aliphatic carbocycles. The van der Waals surface area contributed by atoms with Gasteiger partial charge in [0.25, 0.3) is 0 Å². The summed E-state index contributed by atoms with van der Waals surface area (Å²) in [4.78, 5) is 21.1. The van der Waals surface area contributed by atoms with Gasteiger partial charge in [0.15, 0.2) is 5.71 Å². The molecule has 1 aromatic carbocycles. The second-order valence-corrected chi connectivity index (χ2v) is 4.22. The van der Waals surface area contributed by atoms with E-state index in [4.69, 9.17) is 14.3 Å². The summed E-state index contributed by atoms with van der Waals surface area (Å²) in [5.74, 6) is 0.262. The van der Waals surface area contributed by atoms with Crippen LogP contribution >= 0.6 is 0 Å². The standard InChI is InChI=1S/C14H18N2O4/c1-4-20-14(17)13-10-8-11(16-19-3)12(18-2)7-9(10)5-6-15-13/h7-8,16H,4-6H2,1-3H3. The third-order valence-electron chi connectivity index (χ3n) is 3.01. The molecule has 0 radical (unpaired) electrons. The normalized spacial score (nSPS) is 13.2. The molecule has 0 amide bonds. The molecule has 0 bridgehead atoms. The number of carbonyl (C=O) groups is 1. The summed E-state index contributed by atoms with van der Waals surface area (Å²) in [6, 6.07) is 3.69. The number of nitrogens with one attached hydrogen (secondary N) is 1. The van der Waals surface area contributed by atoms with E-state index >= 15 is 0 Å². The highest BCUT2D eigenvalue weighted by Crippen LogP contribution is 2.31. The lowest BCUT2D eigenvalue weighted by Crippen LogP contribution is -2.24. The molecule has 1 aliphatic rings. The molecule has 20 heavy (non-hydrogen) atoms. The van der Waals surface area contributed by atoms with Crippen molar-refractivity contribution in [3.8, 4) is 5.75 Å². The summed E-state index contributed by atoms with van der Waals surface area (Å²) in [6.07, 6.45) is 0.766. The molecule has 0 saturated carbocycles. The molecule has 2 rings (SSSR count). The van der Waals surface area contributed by atoms with Crippen LogP contribution in [0.5, 0.6) is 5.75 Å². The van der Waals surface area contributed by atoms with Crippen LogP contribution in [0.15, 0.2) is 17.1 Å². The number of fused-ring (bicyclic) bond motifs is 1. The number of hydrogen-bond acceptors (Lipinski definition) is 6. The van der Waals surface area contributed by atoms with Crippen LogP contribution in [-0.2, 0) is 20.8 Å². The zero-order valence-electron chi connectivity index (χ0n) is 11.9. The minimum Gasteiger partial charge on any atom is -0.494 e. The molecule has 0 spiro atoms. The predicted octanol–water partition coefficient (Wildman–Crippen LogP) is 1.58. The van der Waals surface area contributed by atoms with E-state index in [2.05, 4.69) is 10.5 Å². The quantitative estimate of drug-likeness (QED) is 0.654. The van der Waals surface area contributed by atoms with Crippen molar-refractivity contribution < 1.29 is 19.1 Å². The maximum Gasteiger partial charge on any atom is 0.357 e. The molecular weight excluding hydrogens is 260 g/mol. The number of esters is 1. The van der Waals surface area contributed by atoms with Gasteiger partial charge in [-0.2, -0.15) is 0 Å². The first kappa shape index (κ1) is 14.3. The van der Waals surface area contributed by atoms with Gasteiger partial charge < -0.3 is 9.47 Å². The van der Waals surface area contributed by atoms with E-state index in [1.807, 2.05) is 6.07 Å². The third kappa shape index (κ3) is 2.75. The van der Waals surface area contributed by atoms with Gasteiger partial charge in [-0.25, -0.2) is 4.79 Å². The first-order valence-electron chi connectivity index (χ1n) is 6.43. The molecular formula is C14H18N2O4. The second kappa shape index (κ2) is 6.38. The number of methoxy groups -OCH3 is 1. The van der Waals surface area contributed by atoms with Crippen molar-refractivity contribution in [1.82, 2.24) is 0 Å². The summed E-state index contributed by atoms with van der Waals surface area (Å²) >= 11 is 0. The number of carbonyl (C=O) groups excluding carboxylic acids is 1. The zero-order chi connectivity index (χ0) is 14.5. The molecule has 0 saturated heterocycles. The van der Waals surface area contributed by atoms with Crippen LogP contribution < -0.4 is 10.2 Å². The van der Waals surface area contributed by atoms with Gasteiger partial charge in [-0.15, -0.1) is 0 Å². The first-order valence-corrected chi connectivity index (χ1v) is 6.43. The Morgan fingerprint density at radius 1 is 1.40 bits per heavy atom. The summed E-state index contributed by atoms with van der Waals surface area (Å²) in [7, 11) is 3.10. The van der Waals surface area contributed by atoms with E-state index in [1.54, 1.807) is 20.1 Å². The van der Waals surface area contributed by atoms with Crippen LogP contribution in [0.1, 0.15) is 18.1 Å². The number of hydrogen-bond donors (Lipinski definition) is 1. The van der Waals surface area contributed by atoms with Crippen molar-refractivity contribution in [2.75, 3.05) is 32.9 Å². The number of rotatable bonds is 5. The predicted molar refractivity (Wildman–Crippen MR) is 75.4 cm³/mol. The highest BCUT2D eigenvalue weighted by atomic mass is 16.6. The van der Waals surface area contributed by atoms with E-state index in [-0.39, 0.29) is 0 Å². The summed E-state index contributed by atoms with van der Waals surface area (Å²) in [5.41, 5.74) is 5.51. The number of benzene rings is 1. The molecule has 0 unspecified atom stereocenters. The highest BCUT2D eigenvalue weighted by Gasteiger charge is 2.23. The lowest BCUT2D eigenvalue weighted by atomic mass is 9.96. The SMILES string of the molecule is CCOC(=O)C1=NCCc2cc(OC)c(NOC)cc21. The van der Waals surface area contributed by atoms with Crippen LogP contribution in [-0.4, -0.2) is 39.1 Å². The van der Waals surface area contributed by atoms with Crippen molar-refractivity contribution in [3.05, 3.63) is 23.3 Å². The fraction of sp³-hybridized carbons (Fsp3) is 0.429. The Morgan fingerprint density at radius 3 is 2.85 bits per heavy atom. The van der Waals surface area contributed by atoms with E-state index in [1.165, 1.54) is 7.11 Å². The minimum atomic E-state index is -0.401. The zero-order valence-corrected chi connectivity index (χ0v) is 11.9. The van der Waals surface area contributed by atoms with E-state index in [0.717, 1.165) is 17.5 Å². The van der Waals surface area contributed by atoms with Gasteiger partial charge in [-0.1, -0.05) is 0 Å². The van der Waals surface area contributed by atoms with Gasteiger partial charge >= 0.3 is 5.97 Å². The van der Waals surface area contributed by atoms with Crippen LogP contribution in [0.4, 0.5) is 5.69 Å². The Hall–Kier alpha value is -2.08. The molecule has 108 valence electrons. The minimum absolute atomic E-state index is 0.326. The van der Waals surface area contributed by atoms with Gasteiger partial charge in [-0.05, 0) is 31.0 Å². The van der Waals surface area contributed by atoms with Crippen molar-refractivity contribution >= 4 is 17.4 Å². The topological polar surface area (TPSA) is 69.2 Å². The molecule has 6 nitrogen and oxygen atoms in total. The largest absolute Gasteiger partial charge is 0.494 e. The van der Waals surface area contributed by atoms with Gasteiger partial charge in [0, 0.05) is 12.1 Å². The summed E-state index contributed by atoms with van der Waals surface area (Å²) in [6.45, 7) is 2.67. The Balaban J connectivity index is 2.44. The monoisotopic (exact) mass is 278 g/mol. The van der Waals surface area contributed by atoms with Gasteiger partial charge in [0.1, 0.15) is 11.4 Å². The van der Waals surface area contributed by atoms with E-state index in [9.17, 15) is 4.79 Å². The van der Waals surface area contributed by atoms with Crippen LogP contribution in [0.2, 0.25) is 0 Å². The van der Waals surface area contributed by atoms with Crippen molar-refractivity contribution in [1.29, 1.82) is 0 Å². The third-order valence-corrected chi connectivity index (χ3v) is 3.01. The maximum atomic E-state index is 11.9. The summed E-state index contributed by atoms with van der Waals surface area (Å²) < 4.78 is 10.4. The number of anilines is 1. The smallest absolute Gasteiger partial charge is 0.357 e. The van der Waals surface area contributed by atoms with Gasteiger partial charge in [-0.3, -0.25) is 15.3 Å². The second-order valence-electron chi connectivity index (χ2n) is 4.22. The molecule has 6 heteroatoms. The lowest BCUT2D eigenvalue weighted by Gasteiger charge is -2.19. The van der Waals surface area contributed by atoms with Gasteiger partial charge in [0.05, 0.1) is 20.8 Å². The average Bonchev–Trinajstić information content (AvgIpc) is 2.46. The first-order chi connectivity index (χ1) is 9.71. The van der Waals surface area contributed by atoms with Crippen molar-refractivity contribution in [2.24, 2.45) is 4.99 Å². The molecule has 0 aromatic heterocycles. The highest BCUT2D eigenvalue weighted by molar-refractivity contribution is 6.44. The fourth-order valence-electron chi connectivity index (χ4n) is 2.16. The Labute approximate surface area is 117 Å². The number of aliphatic imine (C=N–C) groups is 1. The van der Waals surface area contributed by atoms with Gasteiger partial charge in [0.2, 0.25) is 0 Å². The number of ether oxygens (including phenoxy) is 2. The van der Waals surface area contributed by atoms with E-state index < -0.39 is 5.97 Å². The lowest BCUT2D eigenvalue weighted by molar-refractivity contribution is -0.134. The fourth-order valence-corrected chi connectivity index (χ4v) is 2.16. The maximum absolute atomic E-state index is 11.9. The van der Waals surface area contributed by atoms with Crippen molar-refractivity contribution in [3.63, 3.8) is 0 Å². The van der Waals surface area contributed by atoms with Crippen LogP contribution in [0.3, 0.4) is 0 Å². The Kier molecular flexibility index (Phi) is 4.57. The van der Waals surface area contributed by atoms with E-state index in [0.29, 0.717) is 30.3 Å². The van der Waals surface area contributed by atoms with Crippen LogP contribution in [0.25, 0.3) is 0 Å². The Bertz CT molecular complexity index is 540. The Morgan fingerprint density at radius 2 is 2.20 bits per heavy atom. The molecule has 1 aromatic rings. The molecule has 0 atom stereocenters. The van der Waals surface area contributed by atoms with Crippen LogP contribution in [0, 0.1) is 0 Å². The molecule has 1 N–H and O–H groups in total. The average molecular weight is 278 g/mol. The molecule has 1 aliphatic heterocycles. The van der Waals surface area contributed by atoms with Crippen molar-refractivity contribution in [2.45, 2.75) is 13.3 Å². The summed E-state index contributed by atoms with van der Waals surface area (Å²) in [5, 5.41) is 0.